The van der Waals surface area contributed by atoms with Crippen molar-refractivity contribution >= 4 is 11.7 Å². The van der Waals surface area contributed by atoms with E-state index in [2.05, 4.69) is 14.9 Å². The average molecular weight is 324 g/mol. The van der Waals surface area contributed by atoms with Crippen molar-refractivity contribution in [2.45, 2.75) is 32.7 Å². The molecule has 1 atom stereocenters. The van der Waals surface area contributed by atoms with Gasteiger partial charge in [-0.2, -0.15) is 0 Å². The predicted octanol–water partition coefficient (Wildman–Crippen LogP) is 2.83. The number of hydrogen-bond acceptors (Lipinski definition) is 4. The predicted molar refractivity (Wildman–Crippen MR) is 95.3 cm³/mol. The molecule has 0 spiro atoms. The molecule has 1 amide bonds. The standard InChI is InChI=1S/C19H24N4O/c1-14-9-10-16(12-20-14)19(24)22(3)17-7-5-11-23(13-17)18-8-4-6-15(2)21-18/h4,6,8-10,12,17H,5,7,11,13H2,1-3H3. The second kappa shape index (κ2) is 6.99. The molecule has 1 saturated heterocycles. The Morgan fingerprint density at radius 1 is 1.21 bits per heavy atom. The van der Waals surface area contributed by atoms with Gasteiger partial charge in [0.2, 0.25) is 0 Å². The summed E-state index contributed by atoms with van der Waals surface area (Å²) in [5.41, 5.74) is 2.59. The van der Waals surface area contributed by atoms with Crippen LogP contribution in [-0.4, -0.2) is 47.0 Å². The molecule has 0 radical (unpaired) electrons. The van der Waals surface area contributed by atoms with Crippen molar-refractivity contribution in [1.29, 1.82) is 0 Å². The van der Waals surface area contributed by atoms with Crippen LogP contribution in [0, 0.1) is 13.8 Å². The van der Waals surface area contributed by atoms with Crippen LogP contribution in [-0.2, 0) is 0 Å². The Bertz CT molecular complexity index is 714. The van der Waals surface area contributed by atoms with Gasteiger partial charge in [0.05, 0.1) is 5.56 Å². The van der Waals surface area contributed by atoms with Gasteiger partial charge >= 0.3 is 0 Å². The summed E-state index contributed by atoms with van der Waals surface area (Å²) in [6.07, 6.45) is 3.74. The summed E-state index contributed by atoms with van der Waals surface area (Å²) in [4.78, 5) is 25.7. The molecule has 1 fully saturated rings. The van der Waals surface area contributed by atoms with Crippen molar-refractivity contribution < 1.29 is 4.79 Å². The second-order valence-corrected chi connectivity index (χ2v) is 6.48. The highest BCUT2D eigenvalue weighted by Gasteiger charge is 2.27. The number of anilines is 1. The van der Waals surface area contributed by atoms with Gasteiger partial charge in [0.15, 0.2) is 0 Å². The molecule has 1 aliphatic heterocycles. The van der Waals surface area contributed by atoms with Gasteiger partial charge < -0.3 is 9.80 Å². The Morgan fingerprint density at radius 2 is 2.04 bits per heavy atom. The average Bonchev–Trinajstić information content (AvgIpc) is 2.61. The Morgan fingerprint density at radius 3 is 2.75 bits per heavy atom. The molecular weight excluding hydrogens is 300 g/mol. The summed E-state index contributed by atoms with van der Waals surface area (Å²) in [6, 6.07) is 10.0. The topological polar surface area (TPSA) is 49.3 Å². The molecule has 126 valence electrons. The number of likely N-dealkylation sites (N-methyl/N-ethyl adjacent to an activating group) is 1. The highest BCUT2D eigenvalue weighted by Crippen LogP contribution is 2.21. The molecule has 5 nitrogen and oxygen atoms in total. The Kier molecular flexibility index (Phi) is 4.79. The van der Waals surface area contributed by atoms with Gasteiger partial charge in [0.25, 0.3) is 5.91 Å². The second-order valence-electron chi connectivity index (χ2n) is 6.48. The molecule has 3 rings (SSSR count). The van der Waals surface area contributed by atoms with E-state index in [0.29, 0.717) is 5.56 Å². The summed E-state index contributed by atoms with van der Waals surface area (Å²) >= 11 is 0. The summed E-state index contributed by atoms with van der Waals surface area (Å²) < 4.78 is 0. The molecule has 1 aliphatic rings. The fraction of sp³-hybridized carbons (Fsp3) is 0.421. The minimum Gasteiger partial charge on any atom is -0.355 e. The molecule has 3 heterocycles. The molecule has 2 aromatic rings. The number of pyridine rings is 2. The van der Waals surface area contributed by atoms with Gasteiger partial charge in [0, 0.05) is 43.8 Å². The maximum absolute atomic E-state index is 12.7. The molecule has 2 aromatic heterocycles. The van der Waals surface area contributed by atoms with E-state index >= 15 is 0 Å². The lowest BCUT2D eigenvalue weighted by Crippen LogP contribution is -2.49. The van der Waals surface area contributed by atoms with Crippen molar-refractivity contribution in [2.75, 3.05) is 25.0 Å². The largest absolute Gasteiger partial charge is 0.355 e. The summed E-state index contributed by atoms with van der Waals surface area (Å²) in [5.74, 6) is 1.03. The quantitative estimate of drug-likeness (QED) is 0.871. The molecule has 0 saturated carbocycles. The first-order valence-corrected chi connectivity index (χ1v) is 8.43. The highest BCUT2D eigenvalue weighted by molar-refractivity contribution is 5.94. The van der Waals surface area contributed by atoms with Crippen molar-refractivity contribution in [3.63, 3.8) is 0 Å². The third-order valence-corrected chi connectivity index (χ3v) is 4.62. The van der Waals surface area contributed by atoms with E-state index in [0.717, 1.165) is 43.1 Å². The van der Waals surface area contributed by atoms with Gasteiger partial charge in [-0.3, -0.25) is 9.78 Å². The first kappa shape index (κ1) is 16.4. The number of piperidine rings is 1. The van der Waals surface area contributed by atoms with E-state index in [1.807, 2.05) is 56.1 Å². The molecular formula is C19H24N4O. The maximum atomic E-state index is 12.7. The first-order valence-electron chi connectivity index (χ1n) is 8.43. The normalized spacial score (nSPS) is 17.6. The zero-order valence-corrected chi connectivity index (χ0v) is 14.6. The fourth-order valence-corrected chi connectivity index (χ4v) is 3.15. The van der Waals surface area contributed by atoms with Crippen LogP contribution in [0.1, 0.15) is 34.6 Å². The number of nitrogens with zero attached hydrogens (tertiary/aromatic N) is 4. The van der Waals surface area contributed by atoms with Crippen molar-refractivity contribution in [3.8, 4) is 0 Å². The minimum absolute atomic E-state index is 0.0338. The van der Waals surface area contributed by atoms with Crippen LogP contribution in [0.4, 0.5) is 5.82 Å². The number of aromatic nitrogens is 2. The SMILES string of the molecule is Cc1ccc(C(=O)N(C)C2CCCN(c3cccc(C)n3)C2)cn1. The number of amides is 1. The maximum Gasteiger partial charge on any atom is 0.255 e. The van der Waals surface area contributed by atoms with Crippen molar-refractivity contribution in [3.05, 3.63) is 53.5 Å². The van der Waals surface area contributed by atoms with Crippen LogP contribution in [0.3, 0.4) is 0 Å². The molecule has 0 bridgehead atoms. The lowest BCUT2D eigenvalue weighted by atomic mass is 10.0. The zero-order chi connectivity index (χ0) is 17.1. The number of carbonyl (C=O) groups is 1. The number of aryl methyl sites for hydroxylation is 2. The van der Waals surface area contributed by atoms with Gasteiger partial charge in [-0.15, -0.1) is 0 Å². The van der Waals surface area contributed by atoms with Crippen LogP contribution in [0.15, 0.2) is 36.5 Å². The molecule has 1 unspecified atom stereocenters. The summed E-state index contributed by atoms with van der Waals surface area (Å²) in [7, 11) is 1.89. The molecule has 0 aliphatic carbocycles. The van der Waals surface area contributed by atoms with Gasteiger partial charge in [-0.05, 0) is 51.0 Å². The van der Waals surface area contributed by atoms with E-state index in [4.69, 9.17) is 0 Å². The Balaban J connectivity index is 1.71. The van der Waals surface area contributed by atoms with E-state index < -0.39 is 0 Å². The fourth-order valence-electron chi connectivity index (χ4n) is 3.15. The van der Waals surface area contributed by atoms with E-state index in [-0.39, 0.29) is 11.9 Å². The Hall–Kier alpha value is -2.43. The lowest BCUT2D eigenvalue weighted by Gasteiger charge is -2.38. The number of rotatable bonds is 3. The van der Waals surface area contributed by atoms with Crippen LogP contribution in [0.25, 0.3) is 0 Å². The summed E-state index contributed by atoms with van der Waals surface area (Å²) in [5, 5.41) is 0. The molecule has 0 aromatic carbocycles. The Labute approximate surface area is 143 Å². The monoisotopic (exact) mass is 324 g/mol. The highest BCUT2D eigenvalue weighted by atomic mass is 16.2. The third-order valence-electron chi connectivity index (χ3n) is 4.62. The van der Waals surface area contributed by atoms with E-state index in [1.54, 1.807) is 6.20 Å². The zero-order valence-electron chi connectivity index (χ0n) is 14.6. The molecule has 24 heavy (non-hydrogen) atoms. The van der Waals surface area contributed by atoms with Crippen molar-refractivity contribution in [1.82, 2.24) is 14.9 Å². The number of hydrogen-bond donors (Lipinski definition) is 0. The van der Waals surface area contributed by atoms with Gasteiger partial charge in [-0.25, -0.2) is 4.98 Å². The third kappa shape index (κ3) is 3.55. The van der Waals surface area contributed by atoms with Gasteiger partial charge in [-0.1, -0.05) is 6.07 Å². The van der Waals surface area contributed by atoms with Crippen molar-refractivity contribution in [2.24, 2.45) is 0 Å². The van der Waals surface area contributed by atoms with E-state index in [9.17, 15) is 4.79 Å². The van der Waals surface area contributed by atoms with Crippen LogP contribution in [0.5, 0.6) is 0 Å². The lowest BCUT2D eigenvalue weighted by molar-refractivity contribution is 0.0717. The van der Waals surface area contributed by atoms with Gasteiger partial charge in [0.1, 0.15) is 5.82 Å². The molecule has 5 heteroatoms. The minimum atomic E-state index is 0.0338. The smallest absolute Gasteiger partial charge is 0.255 e. The molecule has 0 N–H and O–H groups in total. The van der Waals surface area contributed by atoms with Crippen LogP contribution >= 0.6 is 0 Å². The first-order chi connectivity index (χ1) is 11.5. The van der Waals surface area contributed by atoms with Crippen LogP contribution in [0.2, 0.25) is 0 Å². The van der Waals surface area contributed by atoms with Crippen LogP contribution < -0.4 is 4.90 Å². The van der Waals surface area contributed by atoms with E-state index in [1.165, 1.54) is 0 Å². The number of carbonyl (C=O) groups excluding carboxylic acids is 1. The summed E-state index contributed by atoms with van der Waals surface area (Å²) in [6.45, 7) is 5.73.